The van der Waals surface area contributed by atoms with Crippen LogP contribution in [0, 0.1) is 29.1 Å². The van der Waals surface area contributed by atoms with Crippen LogP contribution >= 0.6 is 0 Å². The zero-order chi connectivity index (χ0) is 34.7. The summed E-state index contributed by atoms with van der Waals surface area (Å²) in [6.07, 6.45) is 1.36. The highest BCUT2D eigenvalue weighted by Crippen LogP contribution is 2.39. The van der Waals surface area contributed by atoms with Gasteiger partial charge in [-0.15, -0.1) is 0 Å². The highest BCUT2D eigenvalue weighted by Gasteiger charge is 2.35. The van der Waals surface area contributed by atoms with Gasteiger partial charge in [0.05, 0.1) is 25.4 Å². The van der Waals surface area contributed by atoms with E-state index in [9.17, 15) is 37.0 Å². The molecule has 0 spiro atoms. The summed E-state index contributed by atoms with van der Waals surface area (Å²) < 4.78 is 82.2. The topological polar surface area (TPSA) is 91.3 Å². The van der Waals surface area contributed by atoms with Gasteiger partial charge >= 0.3 is 0 Å². The van der Waals surface area contributed by atoms with E-state index in [2.05, 4.69) is 10.2 Å². The van der Waals surface area contributed by atoms with Crippen LogP contribution in [0.5, 0.6) is 0 Å². The van der Waals surface area contributed by atoms with Crippen LogP contribution in [0.25, 0.3) is 11.1 Å². The lowest BCUT2D eigenvalue weighted by Crippen LogP contribution is -2.42. The van der Waals surface area contributed by atoms with Crippen molar-refractivity contribution in [3.05, 3.63) is 130 Å². The van der Waals surface area contributed by atoms with Gasteiger partial charge in [0.25, 0.3) is 5.91 Å². The van der Waals surface area contributed by atoms with Crippen molar-refractivity contribution in [2.24, 2.45) is 0 Å². The summed E-state index contributed by atoms with van der Waals surface area (Å²) in [6.45, 7) is 1.28. The standard InChI is InChI=1S/C37H35F5N2O5/c38-31-30(32(39)34(41)35(42)33(31)40)36(47)43-17-25-4-1-2-6-28(25)22-11-13-24(14-12-22)37-48-27(18-44-15-3-5-26(44)20-46)16-29(49-37)23-9-7-21(19-45)8-10-23/h1-2,4,6-14,26-27,29,37,45-46H,3,5,15-20H2,(H,43,47)/t26-,27-,29+,37+/m0/s1. The van der Waals surface area contributed by atoms with E-state index in [1.807, 2.05) is 48.5 Å². The van der Waals surface area contributed by atoms with E-state index in [-0.39, 0.29) is 38.0 Å². The molecule has 0 bridgehead atoms. The molecule has 2 heterocycles. The Balaban J connectivity index is 1.20. The van der Waals surface area contributed by atoms with Crippen LogP contribution in [0.4, 0.5) is 22.0 Å². The second-order valence-corrected chi connectivity index (χ2v) is 12.2. The van der Waals surface area contributed by atoms with Crippen LogP contribution in [0.15, 0.2) is 72.8 Å². The number of carbonyl (C=O) groups excluding carboxylic acids is 1. The van der Waals surface area contributed by atoms with Gasteiger partial charge in [-0.3, -0.25) is 9.69 Å². The zero-order valence-corrected chi connectivity index (χ0v) is 26.4. The Labute approximate surface area is 279 Å². The van der Waals surface area contributed by atoms with Crippen molar-refractivity contribution in [1.29, 1.82) is 0 Å². The lowest BCUT2D eigenvalue weighted by Gasteiger charge is -2.38. The molecule has 0 unspecified atom stereocenters. The van der Waals surface area contributed by atoms with Gasteiger partial charge in [-0.1, -0.05) is 72.8 Å². The largest absolute Gasteiger partial charge is 0.395 e. The van der Waals surface area contributed by atoms with Crippen LogP contribution in [0.3, 0.4) is 0 Å². The number of amides is 1. The molecule has 258 valence electrons. The Morgan fingerprint density at radius 2 is 1.47 bits per heavy atom. The second-order valence-electron chi connectivity index (χ2n) is 12.2. The smallest absolute Gasteiger partial charge is 0.257 e. The number of ether oxygens (including phenoxy) is 2. The molecule has 0 saturated carbocycles. The van der Waals surface area contributed by atoms with Gasteiger partial charge in [-0.25, -0.2) is 22.0 Å². The maximum absolute atomic E-state index is 14.2. The van der Waals surface area contributed by atoms with Crippen LogP contribution in [0.2, 0.25) is 0 Å². The normalized spacial score (nSPS) is 21.2. The van der Waals surface area contributed by atoms with Gasteiger partial charge < -0.3 is 25.0 Å². The number of carbonyl (C=O) groups is 1. The third kappa shape index (κ3) is 7.38. The highest BCUT2D eigenvalue weighted by molar-refractivity contribution is 5.95. The number of hydrogen-bond donors (Lipinski definition) is 3. The third-order valence-electron chi connectivity index (χ3n) is 9.15. The SMILES string of the molecule is O=C(NCc1ccccc1-c1ccc([C@@H]2O[C@H](CN3CCC[C@H]3CO)C[C@H](c3ccc(CO)cc3)O2)cc1)c1c(F)c(F)c(F)c(F)c1F. The predicted molar refractivity (Wildman–Crippen MR) is 169 cm³/mol. The quantitative estimate of drug-likeness (QED) is 0.101. The van der Waals surface area contributed by atoms with Crippen molar-refractivity contribution < 1.29 is 46.4 Å². The molecule has 1 amide bonds. The summed E-state index contributed by atoms with van der Waals surface area (Å²) in [6, 6.07) is 22.0. The van der Waals surface area contributed by atoms with E-state index in [0.717, 1.165) is 41.6 Å². The molecule has 6 rings (SSSR count). The summed E-state index contributed by atoms with van der Waals surface area (Å²) in [7, 11) is 0. The van der Waals surface area contributed by atoms with Crippen molar-refractivity contribution in [1.82, 2.24) is 10.2 Å². The number of aliphatic hydroxyl groups excluding tert-OH is 2. The Morgan fingerprint density at radius 3 is 2.14 bits per heavy atom. The molecule has 2 fully saturated rings. The molecule has 2 saturated heterocycles. The Hall–Kier alpha value is -4.20. The van der Waals surface area contributed by atoms with E-state index in [1.54, 1.807) is 24.3 Å². The van der Waals surface area contributed by atoms with Crippen LogP contribution < -0.4 is 5.32 Å². The van der Waals surface area contributed by atoms with Gasteiger partial charge in [-0.2, -0.15) is 0 Å². The lowest BCUT2D eigenvalue weighted by molar-refractivity contribution is -0.253. The first kappa shape index (κ1) is 34.7. The minimum atomic E-state index is -2.34. The molecular formula is C37H35F5N2O5. The molecule has 2 aliphatic heterocycles. The number of halogens is 5. The fourth-order valence-corrected chi connectivity index (χ4v) is 6.48. The summed E-state index contributed by atoms with van der Waals surface area (Å²) in [5.74, 6) is -12.6. The van der Waals surface area contributed by atoms with Gasteiger partial charge in [0.2, 0.25) is 5.82 Å². The van der Waals surface area contributed by atoms with E-state index in [4.69, 9.17) is 9.47 Å². The van der Waals surface area contributed by atoms with E-state index in [1.165, 1.54) is 0 Å². The summed E-state index contributed by atoms with van der Waals surface area (Å²) in [4.78, 5) is 14.8. The molecular weight excluding hydrogens is 647 g/mol. The maximum atomic E-state index is 14.2. The number of nitrogens with zero attached hydrogens (tertiary/aromatic N) is 1. The van der Waals surface area contributed by atoms with Crippen LogP contribution in [-0.2, 0) is 22.6 Å². The summed E-state index contributed by atoms with van der Waals surface area (Å²) >= 11 is 0. The first-order valence-electron chi connectivity index (χ1n) is 16.0. The second kappa shape index (κ2) is 15.1. The molecule has 0 aromatic heterocycles. The molecule has 0 radical (unpaired) electrons. The molecule has 4 atom stereocenters. The summed E-state index contributed by atoms with van der Waals surface area (Å²) in [5, 5.41) is 21.6. The predicted octanol–water partition coefficient (Wildman–Crippen LogP) is 6.47. The van der Waals surface area contributed by atoms with Crippen molar-refractivity contribution in [3.63, 3.8) is 0 Å². The molecule has 0 aliphatic carbocycles. The molecule has 12 heteroatoms. The fraction of sp³-hybridized carbons (Fsp3) is 0.324. The molecule has 49 heavy (non-hydrogen) atoms. The molecule has 7 nitrogen and oxygen atoms in total. The number of likely N-dealkylation sites (tertiary alicyclic amines) is 1. The number of benzene rings is 4. The average Bonchev–Trinajstić information content (AvgIpc) is 3.59. The Bertz CT molecular complexity index is 1760. The zero-order valence-electron chi connectivity index (χ0n) is 26.4. The van der Waals surface area contributed by atoms with Gasteiger partial charge in [0.1, 0.15) is 5.56 Å². The highest BCUT2D eigenvalue weighted by atomic mass is 19.2. The molecule has 4 aromatic rings. The minimum Gasteiger partial charge on any atom is -0.395 e. The van der Waals surface area contributed by atoms with E-state index >= 15 is 0 Å². The van der Waals surface area contributed by atoms with Gasteiger partial charge in [0.15, 0.2) is 29.6 Å². The molecule has 3 N–H and O–H groups in total. The first-order chi connectivity index (χ1) is 23.7. The first-order valence-corrected chi connectivity index (χ1v) is 16.0. The number of rotatable bonds is 10. The van der Waals surface area contributed by atoms with Crippen LogP contribution in [-0.4, -0.2) is 52.9 Å². The van der Waals surface area contributed by atoms with Crippen molar-refractivity contribution in [2.75, 3.05) is 19.7 Å². The van der Waals surface area contributed by atoms with Crippen molar-refractivity contribution in [2.45, 2.75) is 57.0 Å². The summed E-state index contributed by atoms with van der Waals surface area (Å²) in [5.41, 5.74) is 2.88. The Morgan fingerprint density at radius 1 is 0.816 bits per heavy atom. The number of aliphatic hydroxyl groups is 2. The van der Waals surface area contributed by atoms with Crippen molar-refractivity contribution in [3.8, 4) is 11.1 Å². The lowest BCUT2D eigenvalue weighted by atomic mass is 9.97. The maximum Gasteiger partial charge on any atom is 0.257 e. The van der Waals surface area contributed by atoms with E-state index < -0.39 is 46.8 Å². The third-order valence-corrected chi connectivity index (χ3v) is 9.15. The number of hydrogen-bond acceptors (Lipinski definition) is 6. The minimum absolute atomic E-state index is 0.0646. The van der Waals surface area contributed by atoms with Crippen LogP contribution in [0.1, 0.15) is 64.3 Å². The fourth-order valence-electron chi connectivity index (χ4n) is 6.48. The van der Waals surface area contributed by atoms with Crippen molar-refractivity contribution >= 4 is 5.91 Å². The molecule has 4 aromatic carbocycles. The monoisotopic (exact) mass is 682 g/mol. The average molecular weight is 683 g/mol. The van der Waals surface area contributed by atoms with Gasteiger partial charge in [0, 0.05) is 31.1 Å². The Kier molecular flexibility index (Phi) is 10.7. The molecule has 2 aliphatic rings. The van der Waals surface area contributed by atoms with Gasteiger partial charge in [-0.05, 0) is 47.2 Å². The number of nitrogens with one attached hydrogen (secondary N) is 1. The van der Waals surface area contributed by atoms with E-state index in [0.29, 0.717) is 24.1 Å².